The number of ether oxygens (including phenoxy) is 1. The van der Waals surface area contributed by atoms with Crippen LogP contribution in [0.25, 0.3) is 0 Å². The van der Waals surface area contributed by atoms with Gasteiger partial charge in [-0.15, -0.1) is 0 Å². The molecule has 1 aromatic carbocycles. The van der Waals surface area contributed by atoms with Gasteiger partial charge in [0, 0.05) is 24.0 Å². The first-order valence-corrected chi connectivity index (χ1v) is 7.05. The van der Waals surface area contributed by atoms with Crippen molar-refractivity contribution in [3.63, 3.8) is 0 Å². The number of rotatable bonds is 7. The second kappa shape index (κ2) is 8.00. The molecule has 0 aliphatic carbocycles. The lowest BCUT2D eigenvalue weighted by Gasteiger charge is -2.09. The van der Waals surface area contributed by atoms with Crippen molar-refractivity contribution in [1.29, 1.82) is 0 Å². The molecule has 18 heavy (non-hydrogen) atoms. The molecule has 0 bridgehead atoms. The predicted octanol–water partition coefficient (Wildman–Crippen LogP) is 2.10. The molecule has 0 saturated heterocycles. The van der Waals surface area contributed by atoms with E-state index < -0.39 is 0 Å². The third-order valence-electron chi connectivity index (χ3n) is 2.24. The molecule has 0 radical (unpaired) electrons. The Labute approximate surface area is 112 Å². The van der Waals surface area contributed by atoms with Crippen LogP contribution in [-0.4, -0.2) is 30.6 Å². The maximum Gasteiger partial charge on any atom is 0.225 e. The number of carbonyl (C=O) groups is 1. The highest BCUT2D eigenvalue weighted by Crippen LogP contribution is 2.23. The Bertz CT molecular complexity index is 383. The first-order chi connectivity index (χ1) is 8.63. The lowest BCUT2D eigenvalue weighted by Crippen LogP contribution is -2.18. The number of anilines is 1. The van der Waals surface area contributed by atoms with E-state index in [-0.39, 0.29) is 11.9 Å². The summed E-state index contributed by atoms with van der Waals surface area (Å²) in [7, 11) is 1.59. The highest BCUT2D eigenvalue weighted by Gasteiger charge is 2.06. The number of hydrogen-bond acceptors (Lipinski definition) is 4. The van der Waals surface area contributed by atoms with Crippen molar-refractivity contribution in [3.05, 3.63) is 24.3 Å². The molecule has 1 rings (SSSR count). The van der Waals surface area contributed by atoms with Crippen LogP contribution < -0.4 is 15.8 Å². The normalized spacial score (nSPS) is 11.9. The van der Waals surface area contributed by atoms with Crippen molar-refractivity contribution in [2.45, 2.75) is 19.4 Å². The van der Waals surface area contributed by atoms with E-state index in [1.165, 1.54) is 0 Å². The zero-order valence-electron chi connectivity index (χ0n) is 10.8. The highest BCUT2D eigenvalue weighted by molar-refractivity contribution is 7.99. The summed E-state index contributed by atoms with van der Waals surface area (Å²) < 4.78 is 5.17. The summed E-state index contributed by atoms with van der Waals surface area (Å²) in [6, 6.07) is 7.55. The first kappa shape index (κ1) is 14.9. The number of methoxy groups -OCH3 is 1. The van der Waals surface area contributed by atoms with Crippen LogP contribution in [-0.2, 0) is 4.79 Å². The van der Waals surface area contributed by atoms with Crippen molar-refractivity contribution in [3.8, 4) is 5.75 Å². The fraction of sp³-hybridized carbons (Fsp3) is 0.462. The molecule has 100 valence electrons. The topological polar surface area (TPSA) is 64.3 Å². The average Bonchev–Trinajstić information content (AvgIpc) is 2.35. The minimum absolute atomic E-state index is 0.00308. The van der Waals surface area contributed by atoms with Gasteiger partial charge >= 0.3 is 0 Å². The minimum atomic E-state index is -0.00308. The Morgan fingerprint density at radius 3 is 2.89 bits per heavy atom. The molecule has 0 aromatic heterocycles. The van der Waals surface area contributed by atoms with E-state index in [9.17, 15) is 4.79 Å². The summed E-state index contributed by atoms with van der Waals surface area (Å²) >= 11 is 1.69. The molecule has 1 atom stereocenters. The van der Waals surface area contributed by atoms with Gasteiger partial charge in [-0.1, -0.05) is 12.1 Å². The standard InChI is InChI=1S/C13H20N2O2S/c1-10(14)9-18-8-7-13(16)15-11-5-3-4-6-12(11)17-2/h3-6,10H,7-9,14H2,1-2H3,(H,15,16). The molecular weight excluding hydrogens is 248 g/mol. The van der Waals surface area contributed by atoms with Crippen LogP contribution in [0.1, 0.15) is 13.3 Å². The second-order valence-electron chi connectivity index (χ2n) is 4.05. The SMILES string of the molecule is COc1ccccc1NC(=O)CCSCC(C)N. The fourth-order valence-corrected chi connectivity index (χ4v) is 2.26. The van der Waals surface area contributed by atoms with Gasteiger partial charge in [-0.3, -0.25) is 4.79 Å². The lowest BCUT2D eigenvalue weighted by molar-refractivity contribution is -0.115. The minimum Gasteiger partial charge on any atom is -0.495 e. The predicted molar refractivity (Wildman–Crippen MR) is 77.2 cm³/mol. The number of thioether (sulfide) groups is 1. The monoisotopic (exact) mass is 268 g/mol. The van der Waals surface area contributed by atoms with Gasteiger partial charge in [0.05, 0.1) is 12.8 Å². The van der Waals surface area contributed by atoms with Crippen molar-refractivity contribution < 1.29 is 9.53 Å². The second-order valence-corrected chi connectivity index (χ2v) is 5.20. The van der Waals surface area contributed by atoms with Crippen LogP contribution >= 0.6 is 11.8 Å². The van der Waals surface area contributed by atoms with Crippen molar-refractivity contribution >= 4 is 23.4 Å². The van der Waals surface area contributed by atoms with Gasteiger partial charge in [0.15, 0.2) is 0 Å². The van der Waals surface area contributed by atoms with E-state index in [0.717, 1.165) is 11.5 Å². The van der Waals surface area contributed by atoms with Crippen LogP contribution in [0.4, 0.5) is 5.69 Å². The summed E-state index contributed by atoms with van der Waals surface area (Å²) in [5, 5.41) is 2.84. The maximum atomic E-state index is 11.7. The van der Waals surface area contributed by atoms with E-state index in [0.29, 0.717) is 17.9 Å². The molecule has 0 heterocycles. The number of nitrogens with one attached hydrogen (secondary N) is 1. The number of hydrogen-bond donors (Lipinski definition) is 2. The molecule has 1 amide bonds. The van der Waals surface area contributed by atoms with E-state index in [1.54, 1.807) is 18.9 Å². The molecule has 1 aromatic rings. The van der Waals surface area contributed by atoms with Gasteiger partial charge in [-0.05, 0) is 19.1 Å². The summed E-state index contributed by atoms with van der Waals surface area (Å²) in [5.41, 5.74) is 6.34. The van der Waals surface area contributed by atoms with Crippen LogP contribution in [0, 0.1) is 0 Å². The lowest BCUT2D eigenvalue weighted by atomic mass is 10.3. The van der Waals surface area contributed by atoms with E-state index in [4.69, 9.17) is 10.5 Å². The van der Waals surface area contributed by atoms with Gasteiger partial charge in [-0.2, -0.15) is 11.8 Å². The Morgan fingerprint density at radius 1 is 1.50 bits per heavy atom. The zero-order valence-corrected chi connectivity index (χ0v) is 11.6. The quantitative estimate of drug-likeness (QED) is 0.743. The van der Waals surface area contributed by atoms with Gasteiger partial charge in [-0.25, -0.2) is 0 Å². The van der Waals surface area contributed by atoms with E-state index in [2.05, 4.69) is 5.32 Å². The molecule has 0 saturated carbocycles. The third-order valence-corrected chi connectivity index (χ3v) is 3.49. The molecule has 0 spiro atoms. The molecule has 4 nitrogen and oxygen atoms in total. The van der Waals surface area contributed by atoms with Gasteiger partial charge in [0.1, 0.15) is 5.75 Å². The number of carbonyl (C=O) groups excluding carboxylic acids is 1. The molecule has 0 fully saturated rings. The number of nitrogens with two attached hydrogens (primary N) is 1. The summed E-state index contributed by atoms with van der Waals surface area (Å²) in [6.07, 6.45) is 0.482. The molecule has 5 heteroatoms. The van der Waals surface area contributed by atoms with Crippen molar-refractivity contribution in [2.75, 3.05) is 23.9 Å². The van der Waals surface area contributed by atoms with E-state index >= 15 is 0 Å². The number of benzene rings is 1. The Morgan fingerprint density at radius 2 is 2.22 bits per heavy atom. The van der Waals surface area contributed by atoms with Crippen LogP contribution in [0.3, 0.4) is 0 Å². The smallest absolute Gasteiger partial charge is 0.225 e. The Balaban J connectivity index is 2.35. The highest BCUT2D eigenvalue weighted by atomic mass is 32.2. The number of amides is 1. The average molecular weight is 268 g/mol. The summed E-state index contributed by atoms with van der Waals surface area (Å²) in [6.45, 7) is 1.96. The molecule has 3 N–H and O–H groups in total. The van der Waals surface area contributed by atoms with Crippen molar-refractivity contribution in [1.82, 2.24) is 0 Å². The zero-order chi connectivity index (χ0) is 13.4. The first-order valence-electron chi connectivity index (χ1n) is 5.89. The van der Waals surface area contributed by atoms with Gasteiger partial charge in [0.2, 0.25) is 5.91 Å². The van der Waals surface area contributed by atoms with Crippen LogP contribution in [0.15, 0.2) is 24.3 Å². The Kier molecular flexibility index (Phi) is 6.60. The fourth-order valence-electron chi connectivity index (χ4n) is 1.39. The summed E-state index contributed by atoms with van der Waals surface area (Å²) in [4.78, 5) is 11.7. The largest absolute Gasteiger partial charge is 0.495 e. The maximum absolute atomic E-state index is 11.7. The third kappa shape index (κ3) is 5.42. The van der Waals surface area contributed by atoms with E-state index in [1.807, 2.05) is 31.2 Å². The van der Waals surface area contributed by atoms with Gasteiger partial charge < -0.3 is 15.8 Å². The van der Waals surface area contributed by atoms with Crippen LogP contribution in [0.5, 0.6) is 5.75 Å². The number of para-hydroxylation sites is 2. The molecule has 0 aliphatic rings. The Hall–Kier alpha value is -1.20. The molecule has 0 aliphatic heterocycles. The summed E-state index contributed by atoms with van der Waals surface area (Å²) in [5.74, 6) is 2.33. The van der Waals surface area contributed by atoms with Crippen molar-refractivity contribution in [2.24, 2.45) is 5.73 Å². The molecular formula is C13H20N2O2S. The van der Waals surface area contributed by atoms with Crippen LogP contribution in [0.2, 0.25) is 0 Å². The van der Waals surface area contributed by atoms with Gasteiger partial charge in [0.25, 0.3) is 0 Å². The molecule has 1 unspecified atom stereocenters.